The first-order valence-electron chi connectivity index (χ1n) is 6.45. The maximum Gasteiger partial charge on any atom is 0.453 e. The van der Waals surface area contributed by atoms with Gasteiger partial charge in [0.2, 0.25) is 0 Å². The van der Waals surface area contributed by atoms with Crippen LogP contribution in [0, 0.1) is 0 Å². The maximum atomic E-state index is 12.5. The predicted molar refractivity (Wildman–Crippen MR) is 64.8 cm³/mol. The van der Waals surface area contributed by atoms with Crippen molar-refractivity contribution < 1.29 is 36.3 Å². The summed E-state index contributed by atoms with van der Waals surface area (Å²) in [5.41, 5.74) is 0. The molecular weight excluding hydrogens is 306 g/mol. The van der Waals surface area contributed by atoms with Gasteiger partial charge in [-0.1, -0.05) is 32.1 Å². The van der Waals surface area contributed by atoms with Crippen LogP contribution in [0.4, 0.5) is 22.0 Å². The maximum absolute atomic E-state index is 12.5. The molecule has 0 aromatic heterocycles. The number of rotatable bonds is 10. The van der Waals surface area contributed by atoms with Gasteiger partial charge in [-0.2, -0.15) is 22.0 Å². The normalized spacial score (nSPS) is 13.8. The van der Waals surface area contributed by atoms with Gasteiger partial charge in [-0.25, -0.2) is 0 Å². The van der Waals surface area contributed by atoms with Gasteiger partial charge in [0.05, 0.1) is 0 Å². The van der Waals surface area contributed by atoms with Gasteiger partial charge in [0, 0.05) is 12.6 Å². The van der Waals surface area contributed by atoms with Crippen molar-refractivity contribution in [2.24, 2.45) is 0 Å². The molecule has 20 heavy (non-hydrogen) atoms. The van der Waals surface area contributed by atoms with E-state index >= 15 is 0 Å². The Morgan fingerprint density at radius 3 is 1.55 bits per heavy atom. The van der Waals surface area contributed by atoms with Gasteiger partial charge in [0.25, 0.3) is 0 Å². The molecule has 0 aliphatic carbocycles. The average molecular weight is 326 g/mol. The minimum Gasteiger partial charge on any atom is -0.324 e. The zero-order chi connectivity index (χ0) is 15.9. The molecule has 0 aromatic carbocycles. The van der Waals surface area contributed by atoms with Crippen LogP contribution >= 0.6 is 7.60 Å². The van der Waals surface area contributed by atoms with Crippen molar-refractivity contribution >= 4 is 7.60 Å². The quantitative estimate of drug-likeness (QED) is 0.353. The minimum absolute atomic E-state index is 0.176. The van der Waals surface area contributed by atoms with Gasteiger partial charge in [-0.15, -0.1) is 0 Å². The van der Waals surface area contributed by atoms with Gasteiger partial charge in [0.15, 0.2) is 0 Å². The Balaban J connectivity index is 3.49. The van der Waals surface area contributed by atoms with E-state index < -0.39 is 26.1 Å². The molecule has 0 heterocycles. The molecule has 0 spiro atoms. The van der Waals surface area contributed by atoms with E-state index in [1.165, 1.54) is 0 Å². The van der Waals surface area contributed by atoms with E-state index in [1.807, 2.05) is 0 Å². The number of hydrogen-bond acceptors (Lipinski definition) is 1. The molecular formula is C11H20F5O3P. The van der Waals surface area contributed by atoms with E-state index in [-0.39, 0.29) is 12.6 Å². The molecule has 0 unspecified atom stereocenters. The summed E-state index contributed by atoms with van der Waals surface area (Å²) in [6.07, 6.45) is -3.83. The van der Waals surface area contributed by atoms with Crippen LogP contribution in [0.1, 0.15) is 51.4 Å². The van der Waals surface area contributed by atoms with Crippen LogP contribution in [0.2, 0.25) is 0 Å². The summed E-state index contributed by atoms with van der Waals surface area (Å²) in [6.45, 7) is 0. The molecule has 0 saturated carbocycles. The van der Waals surface area contributed by atoms with Crippen molar-refractivity contribution in [2.45, 2.75) is 63.5 Å². The Morgan fingerprint density at radius 2 is 1.15 bits per heavy atom. The molecule has 0 amide bonds. The Kier molecular flexibility index (Phi) is 8.21. The van der Waals surface area contributed by atoms with E-state index in [0.29, 0.717) is 38.5 Å². The molecule has 0 rings (SSSR count). The standard InChI is InChI=1S/C11H20F5O3P/c12-10(13,11(14,15)16)8-6-4-2-1-3-5-7-9-20(17,18)19/h1-9H2,(H2,17,18,19). The highest BCUT2D eigenvalue weighted by molar-refractivity contribution is 7.51. The fourth-order valence-corrected chi connectivity index (χ4v) is 2.33. The van der Waals surface area contributed by atoms with Crippen LogP contribution in [-0.4, -0.2) is 28.0 Å². The summed E-state index contributed by atoms with van der Waals surface area (Å²) in [5, 5.41) is 0. The molecule has 0 radical (unpaired) electrons. The highest BCUT2D eigenvalue weighted by Crippen LogP contribution is 2.39. The third kappa shape index (κ3) is 9.66. The van der Waals surface area contributed by atoms with E-state index in [9.17, 15) is 26.5 Å². The van der Waals surface area contributed by atoms with Gasteiger partial charge < -0.3 is 9.79 Å². The molecule has 3 nitrogen and oxygen atoms in total. The van der Waals surface area contributed by atoms with Crippen molar-refractivity contribution in [3.8, 4) is 0 Å². The van der Waals surface area contributed by atoms with Gasteiger partial charge >= 0.3 is 19.7 Å². The van der Waals surface area contributed by atoms with Crippen molar-refractivity contribution in [1.82, 2.24) is 0 Å². The van der Waals surface area contributed by atoms with Crippen molar-refractivity contribution in [3.05, 3.63) is 0 Å². The Bertz CT molecular complexity index is 314. The second-order valence-electron chi connectivity index (χ2n) is 4.82. The summed E-state index contributed by atoms with van der Waals surface area (Å²) < 4.78 is 71.0. The largest absolute Gasteiger partial charge is 0.453 e. The summed E-state index contributed by atoms with van der Waals surface area (Å²) in [6, 6.07) is 0. The zero-order valence-electron chi connectivity index (χ0n) is 11.0. The molecule has 0 aromatic rings. The third-order valence-corrected chi connectivity index (χ3v) is 3.75. The zero-order valence-corrected chi connectivity index (χ0v) is 11.9. The van der Waals surface area contributed by atoms with Crippen LogP contribution < -0.4 is 0 Å². The lowest BCUT2D eigenvalue weighted by atomic mass is 10.1. The van der Waals surface area contributed by atoms with E-state index in [1.54, 1.807) is 0 Å². The first-order chi connectivity index (χ1) is 8.96. The summed E-state index contributed by atoms with van der Waals surface area (Å²) >= 11 is 0. The van der Waals surface area contributed by atoms with Gasteiger partial charge in [-0.3, -0.25) is 4.57 Å². The topological polar surface area (TPSA) is 57.5 Å². The SMILES string of the molecule is O=P(O)(O)CCCCCCCCCC(F)(F)C(F)(F)F. The molecule has 2 N–H and O–H groups in total. The van der Waals surface area contributed by atoms with Crippen molar-refractivity contribution in [1.29, 1.82) is 0 Å². The van der Waals surface area contributed by atoms with E-state index in [0.717, 1.165) is 0 Å². The van der Waals surface area contributed by atoms with Crippen LogP contribution in [0.15, 0.2) is 0 Å². The smallest absolute Gasteiger partial charge is 0.324 e. The fourth-order valence-electron chi connectivity index (χ4n) is 1.69. The highest BCUT2D eigenvalue weighted by Gasteiger charge is 2.56. The molecule has 0 bridgehead atoms. The molecule has 122 valence electrons. The lowest BCUT2D eigenvalue weighted by Crippen LogP contribution is -2.36. The van der Waals surface area contributed by atoms with E-state index in [2.05, 4.69) is 0 Å². The predicted octanol–water partition coefficient (Wildman–Crippen LogP) is 4.48. The van der Waals surface area contributed by atoms with Crippen LogP contribution in [0.3, 0.4) is 0 Å². The molecule has 0 fully saturated rings. The third-order valence-electron chi connectivity index (χ3n) is 2.85. The van der Waals surface area contributed by atoms with Crippen LogP contribution in [0.25, 0.3) is 0 Å². The highest BCUT2D eigenvalue weighted by atomic mass is 31.2. The minimum atomic E-state index is -5.48. The lowest BCUT2D eigenvalue weighted by molar-refractivity contribution is -0.284. The van der Waals surface area contributed by atoms with E-state index in [4.69, 9.17) is 9.79 Å². The molecule has 9 heteroatoms. The number of hydrogen-bond donors (Lipinski definition) is 2. The monoisotopic (exact) mass is 326 g/mol. The summed E-state index contributed by atoms with van der Waals surface area (Å²) in [5.74, 6) is -4.61. The van der Waals surface area contributed by atoms with Gasteiger partial charge in [0.1, 0.15) is 0 Å². The lowest BCUT2D eigenvalue weighted by Gasteiger charge is -2.19. The average Bonchev–Trinajstić information content (AvgIpc) is 2.23. The second-order valence-corrected chi connectivity index (χ2v) is 6.59. The number of halogens is 5. The first kappa shape index (κ1) is 19.8. The molecule has 0 atom stereocenters. The fraction of sp³-hybridized carbons (Fsp3) is 1.00. The summed E-state index contributed by atoms with van der Waals surface area (Å²) in [7, 11) is -3.96. The van der Waals surface area contributed by atoms with Gasteiger partial charge in [-0.05, 0) is 12.8 Å². The summed E-state index contributed by atoms with van der Waals surface area (Å²) in [4.78, 5) is 17.2. The first-order valence-corrected chi connectivity index (χ1v) is 8.24. The van der Waals surface area contributed by atoms with Crippen LogP contribution in [0.5, 0.6) is 0 Å². The Hall–Kier alpha value is -0.200. The Labute approximate surface area is 114 Å². The number of alkyl halides is 5. The molecule has 0 aliphatic rings. The Morgan fingerprint density at radius 1 is 0.750 bits per heavy atom. The molecule has 0 aliphatic heterocycles. The second kappa shape index (κ2) is 8.29. The van der Waals surface area contributed by atoms with Crippen molar-refractivity contribution in [3.63, 3.8) is 0 Å². The number of unbranched alkanes of at least 4 members (excludes halogenated alkanes) is 6. The van der Waals surface area contributed by atoms with Crippen LogP contribution in [-0.2, 0) is 4.57 Å². The molecule has 0 saturated heterocycles. The van der Waals surface area contributed by atoms with Crippen molar-refractivity contribution in [2.75, 3.05) is 6.16 Å².